The molecule has 0 fully saturated rings. The molecule has 82 valence electrons. The van der Waals surface area contributed by atoms with Crippen LogP contribution in [0.2, 0.25) is 0 Å². The Bertz CT molecular complexity index is 308. The van der Waals surface area contributed by atoms with Gasteiger partial charge < -0.3 is 4.74 Å². The molecule has 0 unspecified atom stereocenters. The molecular formula is C13H18O2. The summed E-state index contributed by atoms with van der Waals surface area (Å²) in [6.07, 6.45) is 11.4. The maximum absolute atomic E-state index is 11.1. The SMILES string of the molecule is CCOC(=O)/C=C(C)/C=C1/C=CCCC1. The van der Waals surface area contributed by atoms with Crippen molar-refractivity contribution >= 4 is 5.97 Å². The first-order valence-electron chi connectivity index (χ1n) is 5.44. The number of rotatable bonds is 3. The highest BCUT2D eigenvalue weighted by Crippen LogP contribution is 2.17. The first kappa shape index (κ1) is 11.8. The average Bonchev–Trinajstić information content (AvgIpc) is 2.19. The first-order chi connectivity index (χ1) is 7.22. The predicted molar refractivity (Wildman–Crippen MR) is 61.5 cm³/mol. The van der Waals surface area contributed by atoms with Gasteiger partial charge in [0.15, 0.2) is 0 Å². The van der Waals surface area contributed by atoms with E-state index in [-0.39, 0.29) is 5.97 Å². The van der Waals surface area contributed by atoms with Crippen LogP contribution >= 0.6 is 0 Å². The number of allylic oxidation sites excluding steroid dienone is 5. The van der Waals surface area contributed by atoms with Crippen molar-refractivity contribution < 1.29 is 9.53 Å². The molecule has 15 heavy (non-hydrogen) atoms. The van der Waals surface area contributed by atoms with E-state index in [2.05, 4.69) is 12.2 Å². The second-order valence-corrected chi connectivity index (χ2v) is 3.65. The van der Waals surface area contributed by atoms with Crippen LogP contribution in [-0.4, -0.2) is 12.6 Å². The number of carbonyl (C=O) groups excluding carboxylic acids is 1. The van der Waals surface area contributed by atoms with Gasteiger partial charge in [-0.15, -0.1) is 0 Å². The highest BCUT2D eigenvalue weighted by Gasteiger charge is 2.00. The Morgan fingerprint density at radius 1 is 1.60 bits per heavy atom. The molecule has 0 aromatic carbocycles. The van der Waals surface area contributed by atoms with Crippen molar-refractivity contribution in [2.45, 2.75) is 33.1 Å². The van der Waals surface area contributed by atoms with E-state index < -0.39 is 0 Å². The minimum atomic E-state index is -0.258. The zero-order valence-electron chi connectivity index (χ0n) is 9.45. The third-order valence-electron chi connectivity index (χ3n) is 2.21. The Hall–Kier alpha value is -1.31. The summed E-state index contributed by atoms with van der Waals surface area (Å²) in [6, 6.07) is 0. The van der Waals surface area contributed by atoms with Crippen molar-refractivity contribution in [3.63, 3.8) is 0 Å². The van der Waals surface area contributed by atoms with Gasteiger partial charge in [0.25, 0.3) is 0 Å². The lowest BCUT2D eigenvalue weighted by Crippen LogP contribution is -2.00. The molecule has 1 aliphatic carbocycles. The third-order valence-corrected chi connectivity index (χ3v) is 2.21. The lowest BCUT2D eigenvalue weighted by Gasteiger charge is -2.06. The van der Waals surface area contributed by atoms with E-state index in [0.29, 0.717) is 6.61 Å². The molecule has 0 atom stereocenters. The van der Waals surface area contributed by atoms with Crippen LogP contribution in [0.5, 0.6) is 0 Å². The van der Waals surface area contributed by atoms with Gasteiger partial charge in [-0.3, -0.25) is 0 Å². The van der Waals surface area contributed by atoms with Crippen LogP contribution in [-0.2, 0) is 9.53 Å². The Morgan fingerprint density at radius 2 is 2.40 bits per heavy atom. The molecule has 0 N–H and O–H groups in total. The second kappa shape index (κ2) is 6.23. The average molecular weight is 206 g/mol. The molecule has 1 rings (SSSR count). The highest BCUT2D eigenvalue weighted by atomic mass is 16.5. The minimum absolute atomic E-state index is 0.258. The Kier molecular flexibility index (Phi) is 4.88. The van der Waals surface area contributed by atoms with Crippen LogP contribution in [0.25, 0.3) is 0 Å². The van der Waals surface area contributed by atoms with E-state index in [1.807, 2.05) is 19.9 Å². The van der Waals surface area contributed by atoms with Gasteiger partial charge >= 0.3 is 5.97 Å². The number of ether oxygens (including phenoxy) is 1. The van der Waals surface area contributed by atoms with E-state index in [1.54, 1.807) is 6.08 Å². The number of hydrogen-bond donors (Lipinski definition) is 0. The van der Waals surface area contributed by atoms with Gasteiger partial charge in [0.05, 0.1) is 6.61 Å². The largest absolute Gasteiger partial charge is 0.463 e. The Labute approximate surface area is 91.3 Å². The lowest BCUT2D eigenvalue weighted by molar-refractivity contribution is -0.137. The van der Waals surface area contributed by atoms with E-state index in [4.69, 9.17) is 4.74 Å². The van der Waals surface area contributed by atoms with Crippen LogP contribution in [0.1, 0.15) is 33.1 Å². The van der Waals surface area contributed by atoms with Crippen LogP contribution in [0.4, 0.5) is 0 Å². The smallest absolute Gasteiger partial charge is 0.330 e. The molecule has 0 aromatic rings. The molecular weight excluding hydrogens is 188 g/mol. The van der Waals surface area contributed by atoms with Gasteiger partial charge in [-0.25, -0.2) is 4.79 Å². The highest BCUT2D eigenvalue weighted by molar-refractivity contribution is 5.83. The molecule has 0 aliphatic heterocycles. The van der Waals surface area contributed by atoms with Crippen molar-refractivity contribution in [2.24, 2.45) is 0 Å². The zero-order valence-corrected chi connectivity index (χ0v) is 9.45. The summed E-state index contributed by atoms with van der Waals surface area (Å²) in [5.41, 5.74) is 2.24. The third kappa shape index (κ3) is 4.63. The first-order valence-corrected chi connectivity index (χ1v) is 5.44. The van der Waals surface area contributed by atoms with Gasteiger partial charge in [0.2, 0.25) is 0 Å². The van der Waals surface area contributed by atoms with Gasteiger partial charge in [-0.1, -0.05) is 18.2 Å². The van der Waals surface area contributed by atoms with Gasteiger partial charge in [0.1, 0.15) is 0 Å². The maximum atomic E-state index is 11.1. The summed E-state index contributed by atoms with van der Waals surface area (Å²) < 4.78 is 4.84. The van der Waals surface area contributed by atoms with E-state index >= 15 is 0 Å². The fraction of sp³-hybridized carbons (Fsp3) is 0.462. The Morgan fingerprint density at radius 3 is 3.00 bits per heavy atom. The van der Waals surface area contributed by atoms with Crippen molar-refractivity contribution in [3.8, 4) is 0 Å². The van der Waals surface area contributed by atoms with Crippen LogP contribution in [0.15, 0.2) is 35.5 Å². The summed E-state index contributed by atoms with van der Waals surface area (Å²) in [6.45, 7) is 4.16. The monoisotopic (exact) mass is 206 g/mol. The van der Waals surface area contributed by atoms with Gasteiger partial charge in [0, 0.05) is 6.08 Å². The van der Waals surface area contributed by atoms with Gasteiger partial charge in [-0.2, -0.15) is 0 Å². The van der Waals surface area contributed by atoms with Crippen molar-refractivity contribution in [1.82, 2.24) is 0 Å². The topological polar surface area (TPSA) is 26.3 Å². The van der Waals surface area contributed by atoms with Crippen LogP contribution < -0.4 is 0 Å². The quantitative estimate of drug-likeness (QED) is 0.523. The Balaban J connectivity index is 2.59. The van der Waals surface area contributed by atoms with Crippen LogP contribution in [0.3, 0.4) is 0 Å². The fourth-order valence-corrected chi connectivity index (χ4v) is 1.57. The maximum Gasteiger partial charge on any atom is 0.330 e. The van der Waals surface area contributed by atoms with Crippen molar-refractivity contribution in [2.75, 3.05) is 6.61 Å². The fourth-order valence-electron chi connectivity index (χ4n) is 1.57. The molecule has 1 aliphatic rings. The molecule has 0 radical (unpaired) electrons. The number of hydrogen-bond acceptors (Lipinski definition) is 2. The summed E-state index contributed by atoms with van der Waals surface area (Å²) in [5, 5.41) is 0. The van der Waals surface area contributed by atoms with E-state index in [9.17, 15) is 4.79 Å². The summed E-state index contributed by atoms with van der Waals surface area (Å²) in [7, 11) is 0. The summed E-state index contributed by atoms with van der Waals surface area (Å²) >= 11 is 0. The number of esters is 1. The molecule has 0 heterocycles. The molecule has 0 saturated carbocycles. The molecule has 2 nitrogen and oxygen atoms in total. The van der Waals surface area contributed by atoms with Crippen molar-refractivity contribution in [3.05, 3.63) is 35.5 Å². The molecule has 0 spiro atoms. The number of carbonyl (C=O) groups is 1. The summed E-state index contributed by atoms with van der Waals surface area (Å²) in [5.74, 6) is -0.258. The molecule has 2 heteroatoms. The second-order valence-electron chi connectivity index (χ2n) is 3.65. The standard InChI is InChI=1S/C13H18O2/c1-3-15-13(14)10-11(2)9-12-7-5-4-6-8-12/h5,7,9-10H,3-4,6,8H2,1-2H3/b11-10+,12-9-. The van der Waals surface area contributed by atoms with Crippen LogP contribution in [0, 0.1) is 0 Å². The molecule has 0 amide bonds. The molecule has 0 bridgehead atoms. The molecule has 0 saturated heterocycles. The van der Waals surface area contributed by atoms with Gasteiger partial charge in [-0.05, 0) is 44.3 Å². The molecule has 0 aromatic heterocycles. The van der Waals surface area contributed by atoms with E-state index in [0.717, 1.165) is 18.4 Å². The normalized spacial score (nSPS) is 19.3. The zero-order chi connectivity index (χ0) is 11.1. The predicted octanol–water partition coefficient (Wildman–Crippen LogP) is 3.16. The lowest BCUT2D eigenvalue weighted by atomic mass is 10.00. The minimum Gasteiger partial charge on any atom is -0.463 e. The van der Waals surface area contributed by atoms with E-state index in [1.165, 1.54) is 12.0 Å². The summed E-state index contributed by atoms with van der Waals surface area (Å²) in [4.78, 5) is 11.1. The van der Waals surface area contributed by atoms with Crippen molar-refractivity contribution in [1.29, 1.82) is 0 Å².